The Morgan fingerprint density at radius 3 is 2.11 bits per heavy atom. The number of rotatable bonds is 4. The molecule has 0 bridgehead atoms. The average molecular weight is 294 g/mol. The highest BCUT2D eigenvalue weighted by Crippen LogP contribution is 2.23. The molecular formula is C16H17Cl2N. The zero-order valence-electron chi connectivity index (χ0n) is 10.9. The first kappa shape index (κ1) is 14.4. The van der Waals surface area contributed by atoms with Crippen LogP contribution in [0.25, 0.3) is 0 Å². The fraction of sp³-hybridized carbons (Fsp3) is 0.250. The molecule has 0 fully saturated rings. The first-order valence-corrected chi connectivity index (χ1v) is 7.05. The maximum absolute atomic E-state index is 6.19. The van der Waals surface area contributed by atoms with E-state index in [-0.39, 0.29) is 6.04 Å². The van der Waals surface area contributed by atoms with Gasteiger partial charge < -0.3 is 5.73 Å². The Balaban J connectivity index is 1.98. The Labute approximate surface area is 124 Å². The fourth-order valence-electron chi connectivity index (χ4n) is 2.07. The maximum atomic E-state index is 6.19. The monoisotopic (exact) mass is 293 g/mol. The van der Waals surface area contributed by atoms with Crippen LogP contribution < -0.4 is 5.73 Å². The Bertz CT molecular complexity index is 549. The summed E-state index contributed by atoms with van der Waals surface area (Å²) in [6.45, 7) is 2.08. The molecule has 1 nitrogen and oxygen atoms in total. The number of hydrogen-bond donors (Lipinski definition) is 1. The lowest BCUT2D eigenvalue weighted by Crippen LogP contribution is -2.25. The number of nitrogens with two attached hydrogens (primary N) is 1. The van der Waals surface area contributed by atoms with Crippen molar-refractivity contribution < 1.29 is 0 Å². The number of aryl methyl sites for hydroxylation is 1. The molecule has 0 radical (unpaired) electrons. The summed E-state index contributed by atoms with van der Waals surface area (Å²) in [5.41, 5.74) is 9.84. The first-order chi connectivity index (χ1) is 9.04. The van der Waals surface area contributed by atoms with E-state index in [1.165, 1.54) is 11.1 Å². The Hall–Kier alpha value is -1.02. The van der Waals surface area contributed by atoms with Crippen LogP contribution in [0.1, 0.15) is 16.7 Å². The molecule has 2 rings (SSSR count). The fourth-order valence-corrected chi connectivity index (χ4v) is 2.39. The number of benzene rings is 2. The van der Waals surface area contributed by atoms with Crippen molar-refractivity contribution in [3.63, 3.8) is 0 Å². The van der Waals surface area contributed by atoms with Crippen molar-refractivity contribution in [2.45, 2.75) is 25.8 Å². The quantitative estimate of drug-likeness (QED) is 0.887. The van der Waals surface area contributed by atoms with Crippen LogP contribution in [0.5, 0.6) is 0 Å². The van der Waals surface area contributed by atoms with Crippen LogP contribution in [0.2, 0.25) is 10.0 Å². The van der Waals surface area contributed by atoms with E-state index in [2.05, 4.69) is 31.2 Å². The molecule has 0 saturated heterocycles. The van der Waals surface area contributed by atoms with E-state index in [0.29, 0.717) is 10.0 Å². The number of hydrogen-bond acceptors (Lipinski definition) is 1. The molecule has 0 aliphatic rings. The molecule has 1 unspecified atom stereocenters. The molecule has 2 aromatic rings. The molecule has 100 valence electrons. The largest absolute Gasteiger partial charge is 0.327 e. The van der Waals surface area contributed by atoms with E-state index in [0.717, 1.165) is 18.4 Å². The standard InChI is InChI=1S/C16H17Cl2N/c1-11-2-4-12(5-3-11)8-14(19)9-13-6-7-15(17)16(18)10-13/h2-7,10,14H,8-9,19H2,1H3. The molecule has 1 atom stereocenters. The highest BCUT2D eigenvalue weighted by atomic mass is 35.5. The number of halogens is 2. The minimum atomic E-state index is 0.0833. The summed E-state index contributed by atoms with van der Waals surface area (Å²) in [5.74, 6) is 0. The van der Waals surface area contributed by atoms with Crippen LogP contribution in [0.3, 0.4) is 0 Å². The average Bonchev–Trinajstić information content (AvgIpc) is 2.37. The van der Waals surface area contributed by atoms with Gasteiger partial charge in [-0.3, -0.25) is 0 Å². The van der Waals surface area contributed by atoms with Gasteiger partial charge in [-0.2, -0.15) is 0 Å². The second-order valence-electron chi connectivity index (χ2n) is 4.90. The van der Waals surface area contributed by atoms with Gasteiger partial charge in [-0.1, -0.05) is 59.1 Å². The maximum Gasteiger partial charge on any atom is 0.0595 e. The lowest BCUT2D eigenvalue weighted by Gasteiger charge is -2.12. The summed E-state index contributed by atoms with van der Waals surface area (Å²) in [7, 11) is 0. The van der Waals surface area contributed by atoms with Crippen molar-refractivity contribution in [3.05, 3.63) is 69.2 Å². The molecule has 2 aromatic carbocycles. The molecule has 0 spiro atoms. The minimum absolute atomic E-state index is 0.0833. The van der Waals surface area contributed by atoms with Gasteiger partial charge in [-0.05, 0) is 43.0 Å². The van der Waals surface area contributed by atoms with E-state index in [9.17, 15) is 0 Å². The second-order valence-corrected chi connectivity index (χ2v) is 5.72. The minimum Gasteiger partial charge on any atom is -0.327 e. The molecule has 0 saturated carbocycles. The van der Waals surface area contributed by atoms with Gasteiger partial charge in [0.05, 0.1) is 10.0 Å². The van der Waals surface area contributed by atoms with Crippen molar-refractivity contribution in [3.8, 4) is 0 Å². The predicted molar refractivity (Wildman–Crippen MR) is 83.0 cm³/mol. The normalized spacial score (nSPS) is 12.4. The van der Waals surface area contributed by atoms with Gasteiger partial charge in [-0.25, -0.2) is 0 Å². The summed E-state index contributed by atoms with van der Waals surface area (Å²) >= 11 is 11.9. The first-order valence-electron chi connectivity index (χ1n) is 6.29. The Morgan fingerprint density at radius 2 is 1.47 bits per heavy atom. The Morgan fingerprint density at radius 1 is 0.895 bits per heavy atom. The summed E-state index contributed by atoms with van der Waals surface area (Å²) < 4.78 is 0. The Kier molecular flexibility index (Phi) is 4.87. The summed E-state index contributed by atoms with van der Waals surface area (Å²) in [6.07, 6.45) is 1.66. The smallest absolute Gasteiger partial charge is 0.0595 e. The van der Waals surface area contributed by atoms with E-state index >= 15 is 0 Å². The molecule has 0 aromatic heterocycles. The summed E-state index contributed by atoms with van der Waals surface area (Å²) in [6, 6.07) is 14.2. The van der Waals surface area contributed by atoms with Crippen LogP contribution in [0.4, 0.5) is 0 Å². The van der Waals surface area contributed by atoms with Crippen molar-refractivity contribution >= 4 is 23.2 Å². The van der Waals surface area contributed by atoms with Crippen LogP contribution in [0.15, 0.2) is 42.5 Å². The molecule has 0 aliphatic carbocycles. The van der Waals surface area contributed by atoms with E-state index in [4.69, 9.17) is 28.9 Å². The van der Waals surface area contributed by atoms with Gasteiger partial charge in [0, 0.05) is 6.04 Å². The van der Waals surface area contributed by atoms with Crippen LogP contribution in [-0.2, 0) is 12.8 Å². The molecule has 3 heteroatoms. The highest BCUT2D eigenvalue weighted by molar-refractivity contribution is 6.42. The SMILES string of the molecule is Cc1ccc(CC(N)Cc2ccc(Cl)c(Cl)c2)cc1. The second kappa shape index (κ2) is 6.42. The van der Waals surface area contributed by atoms with Crippen molar-refractivity contribution in [1.29, 1.82) is 0 Å². The molecule has 0 amide bonds. The zero-order chi connectivity index (χ0) is 13.8. The van der Waals surface area contributed by atoms with Gasteiger partial charge in [0.15, 0.2) is 0 Å². The predicted octanol–water partition coefficient (Wildman–Crippen LogP) is 4.41. The van der Waals surface area contributed by atoms with Crippen LogP contribution in [-0.4, -0.2) is 6.04 Å². The van der Waals surface area contributed by atoms with Crippen molar-refractivity contribution in [2.24, 2.45) is 5.73 Å². The zero-order valence-corrected chi connectivity index (χ0v) is 12.4. The molecular weight excluding hydrogens is 277 g/mol. The highest BCUT2D eigenvalue weighted by Gasteiger charge is 2.07. The third-order valence-electron chi connectivity index (χ3n) is 3.10. The van der Waals surface area contributed by atoms with Gasteiger partial charge >= 0.3 is 0 Å². The third-order valence-corrected chi connectivity index (χ3v) is 3.84. The van der Waals surface area contributed by atoms with Crippen LogP contribution >= 0.6 is 23.2 Å². The summed E-state index contributed by atoms with van der Waals surface area (Å²) in [4.78, 5) is 0. The van der Waals surface area contributed by atoms with Gasteiger partial charge in [0.1, 0.15) is 0 Å². The molecule has 2 N–H and O–H groups in total. The summed E-state index contributed by atoms with van der Waals surface area (Å²) in [5, 5.41) is 1.17. The lowest BCUT2D eigenvalue weighted by atomic mass is 9.99. The van der Waals surface area contributed by atoms with E-state index in [1.807, 2.05) is 18.2 Å². The molecule has 19 heavy (non-hydrogen) atoms. The van der Waals surface area contributed by atoms with Crippen molar-refractivity contribution in [1.82, 2.24) is 0 Å². The van der Waals surface area contributed by atoms with E-state index in [1.54, 1.807) is 0 Å². The topological polar surface area (TPSA) is 26.0 Å². The molecule has 0 aliphatic heterocycles. The lowest BCUT2D eigenvalue weighted by molar-refractivity contribution is 0.665. The van der Waals surface area contributed by atoms with Crippen molar-refractivity contribution in [2.75, 3.05) is 0 Å². The third kappa shape index (κ3) is 4.24. The van der Waals surface area contributed by atoms with Gasteiger partial charge in [0.25, 0.3) is 0 Å². The molecule has 0 heterocycles. The van der Waals surface area contributed by atoms with Gasteiger partial charge in [0.2, 0.25) is 0 Å². The van der Waals surface area contributed by atoms with Gasteiger partial charge in [-0.15, -0.1) is 0 Å². The van der Waals surface area contributed by atoms with Crippen LogP contribution in [0, 0.1) is 6.92 Å². The van der Waals surface area contributed by atoms with E-state index < -0.39 is 0 Å².